The molecule has 3 aliphatic rings. The first-order valence-corrected chi connectivity index (χ1v) is 12.7. The Morgan fingerprint density at radius 2 is 1.86 bits per heavy atom. The molecule has 1 spiro atoms. The van der Waals surface area contributed by atoms with Crippen molar-refractivity contribution in [2.75, 3.05) is 18.6 Å². The molecule has 1 amide bonds. The fraction of sp³-hybridized carbons (Fsp3) is 0.586. The molecule has 1 fully saturated rings. The Kier molecular flexibility index (Phi) is 6.51. The highest BCUT2D eigenvalue weighted by Crippen LogP contribution is 2.62. The van der Waals surface area contributed by atoms with E-state index in [2.05, 4.69) is 6.92 Å². The number of rotatable bonds is 3. The third-order valence-electron chi connectivity index (χ3n) is 9.39. The van der Waals surface area contributed by atoms with Gasteiger partial charge < -0.3 is 20.1 Å². The zero-order chi connectivity index (χ0) is 26.8. The number of amides is 1. The lowest BCUT2D eigenvalue weighted by molar-refractivity contribution is -0.189. The summed E-state index contributed by atoms with van der Waals surface area (Å²) in [6, 6.07) is 7.37. The number of aryl methyl sites for hydroxylation is 1. The van der Waals surface area contributed by atoms with E-state index >= 15 is 0 Å². The molecule has 0 radical (unpaired) electrons. The highest BCUT2D eigenvalue weighted by molar-refractivity contribution is 5.95. The molecule has 1 aromatic carbocycles. The third kappa shape index (κ3) is 3.51. The van der Waals surface area contributed by atoms with E-state index in [1.165, 1.54) is 4.90 Å². The van der Waals surface area contributed by atoms with E-state index in [-0.39, 0.29) is 23.2 Å². The average molecular weight is 498 g/mol. The summed E-state index contributed by atoms with van der Waals surface area (Å²) in [5.41, 5.74) is -1.85. The second-order valence-electron chi connectivity index (χ2n) is 11.7. The number of ketones is 1. The molecular formula is C29H39NO6. The summed E-state index contributed by atoms with van der Waals surface area (Å²) in [4.78, 5) is 29.1. The van der Waals surface area contributed by atoms with E-state index < -0.39 is 47.3 Å². The van der Waals surface area contributed by atoms with Gasteiger partial charge >= 0.3 is 6.09 Å². The van der Waals surface area contributed by atoms with Crippen molar-refractivity contribution in [2.45, 2.75) is 65.8 Å². The van der Waals surface area contributed by atoms with Crippen LogP contribution in [-0.4, -0.2) is 58.7 Å². The number of hydrogen-bond acceptors (Lipinski definition) is 6. The van der Waals surface area contributed by atoms with Crippen LogP contribution in [0.2, 0.25) is 0 Å². The molecule has 0 saturated heterocycles. The minimum Gasteiger partial charge on any atom is -0.438 e. The van der Waals surface area contributed by atoms with Gasteiger partial charge in [0.15, 0.2) is 17.5 Å². The van der Waals surface area contributed by atoms with Crippen molar-refractivity contribution in [3.63, 3.8) is 0 Å². The van der Waals surface area contributed by atoms with Gasteiger partial charge in [0.05, 0.1) is 12.0 Å². The van der Waals surface area contributed by atoms with Crippen LogP contribution >= 0.6 is 0 Å². The molecule has 1 saturated carbocycles. The van der Waals surface area contributed by atoms with Gasteiger partial charge in [0.25, 0.3) is 0 Å². The maximum atomic E-state index is 14.4. The first kappa shape index (κ1) is 26.6. The largest absolute Gasteiger partial charge is 0.438 e. The fourth-order valence-electron chi connectivity index (χ4n) is 6.78. The van der Waals surface area contributed by atoms with Crippen LogP contribution in [0.4, 0.5) is 10.5 Å². The Balaban J connectivity index is 1.84. The molecule has 196 valence electrons. The van der Waals surface area contributed by atoms with Crippen molar-refractivity contribution in [3.8, 4) is 0 Å². The van der Waals surface area contributed by atoms with Crippen molar-refractivity contribution in [2.24, 2.45) is 28.6 Å². The number of ether oxygens (including phenoxy) is 1. The van der Waals surface area contributed by atoms with Crippen molar-refractivity contribution in [3.05, 3.63) is 53.1 Å². The molecule has 4 rings (SSSR count). The van der Waals surface area contributed by atoms with E-state index in [4.69, 9.17) is 4.74 Å². The molecule has 7 heteroatoms. The summed E-state index contributed by atoms with van der Waals surface area (Å²) < 4.78 is 5.92. The van der Waals surface area contributed by atoms with Crippen molar-refractivity contribution >= 4 is 17.6 Å². The number of anilines is 1. The number of aliphatic hydroxyl groups is 3. The fourth-order valence-corrected chi connectivity index (χ4v) is 6.78. The summed E-state index contributed by atoms with van der Waals surface area (Å²) in [5.74, 6) is -1.06. The lowest BCUT2D eigenvalue weighted by Gasteiger charge is -2.48. The smallest absolute Gasteiger partial charge is 0.414 e. The van der Waals surface area contributed by atoms with Gasteiger partial charge in [-0.3, -0.25) is 9.69 Å². The minimum atomic E-state index is -2.17. The van der Waals surface area contributed by atoms with Crippen LogP contribution in [-0.2, 0) is 9.53 Å². The number of hydrogen-bond donors (Lipinski definition) is 3. The van der Waals surface area contributed by atoms with E-state index in [0.29, 0.717) is 17.7 Å². The van der Waals surface area contributed by atoms with Gasteiger partial charge in [-0.1, -0.05) is 52.0 Å². The van der Waals surface area contributed by atoms with E-state index in [1.54, 1.807) is 32.2 Å². The first-order chi connectivity index (χ1) is 16.7. The molecule has 1 aromatic rings. The van der Waals surface area contributed by atoms with E-state index in [0.717, 1.165) is 5.56 Å². The third-order valence-corrected chi connectivity index (χ3v) is 9.39. The predicted octanol–water partition coefficient (Wildman–Crippen LogP) is 3.79. The standard InChI is InChI=1S/C29H39NO6/c1-16-9-8-10-21(11-16)30(7)26(34)36-25-17(2)14-28-19(4)12-18(3)27(5,6)22(24(28)33)13-20(15-31)23(32)29(25,28)35/h8-11,13-14,18-19,22-23,25,31-32,35H,12,15H2,1-7H3/t18-,19+,22+,23+,25-,28-,29-/m0/s1. The van der Waals surface area contributed by atoms with E-state index in [9.17, 15) is 24.9 Å². The quantitative estimate of drug-likeness (QED) is 0.549. The maximum Gasteiger partial charge on any atom is 0.414 e. The summed E-state index contributed by atoms with van der Waals surface area (Å²) in [6.45, 7) is 11.2. The Morgan fingerprint density at radius 1 is 1.19 bits per heavy atom. The van der Waals surface area contributed by atoms with Gasteiger partial charge in [0.2, 0.25) is 0 Å². The Hall–Kier alpha value is -2.48. The SMILES string of the molecule is CC1=C[C@]23C(=O)[C@@H](C=C(CO)[C@@H](O)[C@]2(O)[C@H]1OC(=O)N(C)c1cccc(C)c1)C(C)(C)[C@@H](C)C[C@H]3C. The Bertz CT molecular complexity index is 1140. The minimum absolute atomic E-state index is 0.124. The molecule has 0 aromatic heterocycles. The molecule has 7 nitrogen and oxygen atoms in total. The molecular weight excluding hydrogens is 458 g/mol. The number of nitrogens with zero attached hydrogens (tertiary/aromatic N) is 1. The molecule has 2 bridgehead atoms. The lowest BCUT2D eigenvalue weighted by Crippen LogP contribution is -2.66. The molecule has 7 atom stereocenters. The van der Waals surface area contributed by atoms with Crippen LogP contribution in [0.25, 0.3) is 0 Å². The summed E-state index contributed by atoms with van der Waals surface area (Å²) in [6.07, 6.45) is 0.417. The van der Waals surface area contributed by atoms with Crippen molar-refractivity contribution < 1.29 is 29.6 Å². The topological polar surface area (TPSA) is 107 Å². The zero-order valence-corrected chi connectivity index (χ0v) is 22.3. The number of benzene rings is 1. The number of carbonyl (C=O) groups is 2. The lowest BCUT2D eigenvalue weighted by atomic mass is 9.59. The van der Waals surface area contributed by atoms with Crippen LogP contribution in [0.15, 0.2) is 47.6 Å². The molecule has 0 unspecified atom stereocenters. The highest BCUT2D eigenvalue weighted by Gasteiger charge is 2.73. The monoisotopic (exact) mass is 497 g/mol. The van der Waals surface area contributed by atoms with Gasteiger partial charge in [-0.15, -0.1) is 0 Å². The predicted molar refractivity (Wildman–Crippen MR) is 137 cm³/mol. The molecule has 36 heavy (non-hydrogen) atoms. The number of allylic oxidation sites excluding steroid dienone is 1. The van der Waals surface area contributed by atoms with Crippen LogP contribution in [0.5, 0.6) is 0 Å². The van der Waals surface area contributed by atoms with Crippen molar-refractivity contribution in [1.82, 2.24) is 0 Å². The van der Waals surface area contributed by atoms with Gasteiger partial charge in [-0.2, -0.15) is 0 Å². The summed E-state index contributed by atoms with van der Waals surface area (Å²) in [7, 11) is 1.58. The molecule has 0 heterocycles. The summed E-state index contributed by atoms with van der Waals surface area (Å²) in [5, 5.41) is 34.3. The Morgan fingerprint density at radius 3 is 2.47 bits per heavy atom. The molecule has 0 aliphatic heterocycles. The second-order valence-corrected chi connectivity index (χ2v) is 11.7. The maximum absolute atomic E-state index is 14.4. The molecule has 3 N–H and O–H groups in total. The number of carbonyl (C=O) groups excluding carboxylic acids is 2. The number of Topliss-reactive ketones (excluding diaryl/α,β-unsaturated/α-hetero) is 1. The average Bonchev–Trinajstić information content (AvgIpc) is 2.99. The van der Waals surface area contributed by atoms with E-state index in [1.807, 2.05) is 45.9 Å². The number of fused-ring (bicyclic) bond motifs is 1. The van der Waals surface area contributed by atoms with Gasteiger partial charge in [-0.25, -0.2) is 4.79 Å². The van der Waals surface area contributed by atoms with Crippen molar-refractivity contribution in [1.29, 1.82) is 0 Å². The van der Waals surface area contributed by atoms with Gasteiger partial charge in [0, 0.05) is 18.7 Å². The van der Waals surface area contributed by atoms with Gasteiger partial charge in [0.1, 0.15) is 6.10 Å². The summed E-state index contributed by atoms with van der Waals surface area (Å²) >= 11 is 0. The van der Waals surface area contributed by atoms with Crippen LogP contribution < -0.4 is 4.90 Å². The van der Waals surface area contributed by atoms with Crippen LogP contribution in [0.1, 0.15) is 46.6 Å². The molecule has 3 aliphatic carbocycles. The zero-order valence-electron chi connectivity index (χ0n) is 22.3. The first-order valence-electron chi connectivity index (χ1n) is 12.7. The van der Waals surface area contributed by atoms with Crippen LogP contribution in [0.3, 0.4) is 0 Å². The van der Waals surface area contributed by atoms with Gasteiger partial charge in [-0.05, 0) is 66.4 Å². The van der Waals surface area contributed by atoms with Crippen LogP contribution in [0, 0.1) is 35.5 Å². The Labute approximate surface area is 213 Å². The number of aliphatic hydroxyl groups excluding tert-OH is 2. The second kappa shape index (κ2) is 8.82. The normalized spacial score (nSPS) is 37.3. The highest BCUT2D eigenvalue weighted by atomic mass is 16.6.